The molecule has 1 aromatic carbocycles. The minimum Gasteiger partial charge on any atom is -0.398 e. The Bertz CT molecular complexity index is 1010. The van der Waals surface area contributed by atoms with E-state index in [0.29, 0.717) is 16.9 Å². The van der Waals surface area contributed by atoms with Crippen LogP contribution in [0.5, 0.6) is 0 Å². The normalized spacial score (nSPS) is 19.2. The van der Waals surface area contributed by atoms with E-state index in [9.17, 15) is 0 Å². The van der Waals surface area contributed by atoms with Crippen molar-refractivity contribution in [2.45, 2.75) is 26.1 Å². The van der Waals surface area contributed by atoms with Crippen LogP contribution in [0.4, 0.5) is 11.5 Å². The van der Waals surface area contributed by atoms with Gasteiger partial charge in [-0.15, -0.1) is 0 Å². The summed E-state index contributed by atoms with van der Waals surface area (Å²) in [6, 6.07) is 11.4. The highest BCUT2D eigenvalue weighted by Gasteiger charge is 2.24. The van der Waals surface area contributed by atoms with Gasteiger partial charge in [-0.05, 0) is 49.2 Å². The zero-order valence-corrected chi connectivity index (χ0v) is 16.5. The molecule has 3 N–H and O–H groups in total. The summed E-state index contributed by atoms with van der Waals surface area (Å²) in [5.41, 5.74) is 10.2. The minimum absolute atomic E-state index is 0.129. The third-order valence-corrected chi connectivity index (χ3v) is 4.99. The first-order valence-corrected chi connectivity index (χ1v) is 9.63. The zero-order valence-electron chi connectivity index (χ0n) is 16.5. The summed E-state index contributed by atoms with van der Waals surface area (Å²) in [5, 5.41) is 8.73. The van der Waals surface area contributed by atoms with E-state index in [1.165, 1.54) is 6.33 Å². The second-order valence-electron chi connectivity index (χ2n) is 7.34. The van der Waals surface area contributed by atoms with Gasteiger partial charge in [-0.1, -0.05) is 6.07 Å². The number of nitrogens with one attached hydrogen (secondary N) is 1. The lowest BCUT2D eigenvalue weighted by molar-refractivity contribution is -0.00546. The number of rotatable bonds is 4. The number of anilines is 2. The quantitative estimate of drug-likeness (QED) is 0.526. The maximum Gasteiger partial charge on any atom is 0.132 e. The van der Waals surface area contributed by atoms with Crippen molar-refractivity contribution in [3.63, 3.8) is 0 Å². The van der Waals surface area contributed by atoms with Crippen molar-refractivity contribution in [1.29, 1.82) is 5.41 Å². The number of nitrogens with two attached hydrogens (primary N) is 1. The Balaban J connectivity index is 1.65. The molecule has 0 saturated carbocycles. The van der Waals surface area contributed by atoms with Crippen LogP contribution in [-0.2, 0) is 4.74 Å². The SMILES string of the molecule is CC1CN(c2cc(C(=N)c3cc(-c4ccncc4)ccc3N)ncn2)CC(C)O1. The number of morpholine rings is 1. The summed E-state index contributed by atoms with van der Waals surface area (Å²) in [6.45, 7) is 5.62. The number of hydrogen-bond acceptors (Lipinski definition) is 7. The van der Waals surface area contributed by atoms with Gasteiger partial charge in [-0.2, -0.15) is 0 Å². The fourth-order valence-electron chi connectivity index (χ4n) is 3.66. The Kier molecular flexibility index (Phi) is 5.22. The number of aromatic nitrogens is 3. The van der Waals surface area contributed by atoms with Crippen molar-refractivity contribution >= 4 is 17.2 Å². The molecule has 1 saturated heterocycles. The molecule has 2 atom stereocenters. The molecular formula is C22H24N6O. The van der Waals surface area contributed by atoms with E-state index in [-0.39, 0.29) is 17.9 Å². The number of nitrogens with zero attached hydrogens (tertiary/aromatic N) is 4. The van der Waals surface area contributed by atoms with E-state index in [1.807, 2.05) is 36.4 Å². The first kappa shape index (κ1) is 19.0. The molecule has 148 valence electrons. The van der Waals surface area contributed by atoms with Crippen LogP contribution in [0, 0.1) is 5.41 Å². The molecule has 7 nitrogen and oxygen atoms in total. The van der Waals surface area contributed by atoms with Crippen molar-refractivity contribution in [3.05, 3.63) is 66.4 Å². The van der Waals surface area contributed by atoms with Gasteiger partial charge in [0.05, 0.1) is 23.6 Å². The Hall–Kier alpha value is -3.32. The van der Waals surface area contributed by atoms with E-state index < -0.39 is 0 Å². The molecule has 0 bridgehead atoms. The first-order chi connectivity index (χ1) is 14.0. The predicted octanol–water partition coefficient (Wildman–Crippen LogP) is 3.15. The minimum atomic E-state index is 0.129. The number of benzene rings is 1. The van der Waals surface area contributed by atoms with Crippen molar-refractivity contribution in [2.24, 2.45) is 0 Å². The van der Waals surface area contributed by atoms with Crippen LogP contribution in [0.3, 0.4) is 0 Å². The smallest absolute Gasteiger partial charge is 0.132 e. The lowest BCUT2D eigenvalue weighted by atomic mass is 9.98. The first-order valence-electron chi connectivity index (χ1n) is 9.63. The Morgan fingerprint density at radius 1 is 1.03 bits per heavy atom. The van der Waals surface area contributed by atoms with Gasteiger partial charge in [-0.25, -0.2) is 9.97 Å². The third-order valence-electron chi connectivity index (χ3n) is 4.99. The maximum atomic E-state index is 8.73. The lowest BCUT2D eigenvalue weighted by Crippen LogP contribution is -2.45. The average molecular weight is 388 g/mol. The van der Waals surface area contributed by atoms with Crippen molar-refractivity contribution in [1.82, 2.24) is 15.0 Å². The molecule has 29 heavy (non-hydrogen) atoms. The van der Waals surface area contributed by atoms with Gasteiger partial charge in [0, 0.05) is 42.8 Å². The van der Waals surface area contributed by atoms with Gasteiger partial charge in [0.25, 0.3) is 0 Å². The van der Waals surface area contributed by atoms with Crippen LogP contribution < -0.4 is 10.6 Å². The molecule has 3 heterocycles. The second-order valence-corrected chi connectivity index (χ2v) is 7.34. The average Bonchev–Trinajstić information content (AvgIpc) is 2.74. The molecule has 2 aromatic heterocycles. The fourth-order valence-corrected chi connectivity index (χ4v) is 3.66. The summed E-state index contributed by atoms with van der Waals surface area (Å²) in [6.07, 6.45) is 5.26. The van der Waals surface area contributed by atoms with Crippen LogP contribution in [0.1, 0.15) is 25.1 Å². The summed E-state index contributed by atoms with van der Waals surface area (Å²) in [5.74, 6) is 0.797. The highest BCUT2D eigenvalue weighted by Crippen LogP contribution is 2.26. The topological polar surface area (TPSA) is 101 Å². The van der Waals surface area contributed by atoms with Crippen LogP contribution in [-0.4, -0.2) is 46.0 Å². The van der Waals surface area contributed by atoms with E-state index in [0.717, 1.165) is 30.0 Å². The van der Waals surface area contributed by atoms with E-state index in [1.54, 1.807) is 12.4 Å². The summed E-state index contributed by atoms with van der Waals surface area (Å²) >= 11 is 0. The molecule has 7 heteroatoms. The maximum absolute atomic E-state index is 8.73. The largest absolute Gasteiger partial charge is 0.398 e. The number of hydrogen-bond donors (Lipinski definition) is 2. The molecular weight excluding hydrogens is 364 g/mol. The zero-order chi connectivity index (χ0) is 20.4. The Morgan fingerprint density at radius 3 is 2.48 bits per heavy atom. The van der Waals surface area contributed by atoms with Gasteiger partial charge in [0.15, 0.2) is 0 Å². The van der Waals surface area contributed by atoms with E-state index >= 15 is 0 Å². The summed E-state index contributed by atoms with van der Waals surface area (Å²) in [4.78, 5) is 15.0. The van der Waals surface area contributed by atoms with Crippen molar-refractivity contribution in [3.8, 4) is 11.1 Å². The molecule has 2 unspecified atom stereocenters. The molecule has 3 aromatic rings. The van der Waals surface area contributed by atoms with Gasteiger partial charge >= 0.3 is 0 Å². The molecule has 0 aliphatic carbocycles. The monoisotopic (exact) mass is 388 g/mol. The van der Waals surface area contributed by atoms with Gasteiger partial charge in [0.2, 0.25) is 0 Å². The van der Waals surface area contributed by atoms with Crippen molar-refractivity contribution < 1.29 is 4.74 Å². The fraction of sp³-hybridized carbons (Fsp3) is 0.273. The number of ether oxygens (including phenoxy) is 1. The van der Waals surface area contributed by atoms with E-state index in [4.69, 9.17) is 15.9 Å². The predicted molar refractivity (Wildman–Crippen MR) is 114 cm³/mol. The van der Waals surface area contributed by atoms with Crippen LogP contribution >= 0.6 is 0 Å². The van der Waals surface area contributed by atoms with Gasteiger partial charge in [-0.3, -0.25) is 10.4 Å². The Labute approximate surface area is 170 Å². The standard InChI is InChI=1S/C22H24N6O/c1-14-11-28(12-15(2)29-14)21-10-20(26-13-27-21)22(24)18-9-17(3-4-19(18)23)16-5-7-25-8-6-16/h3-10,13-15,24H,11-12,23H2,1-2H3. The number of pyridine rings is 1. The molecule has 0 radical (unpaired) electrons. The molecule has 1 aliphatic rings. The third kappa shape index (κ3) is 4.09. The van der Waals surface area contributed by atoms with E-state index in [2.05, 4.69) is 33.7 Å². The number of nitrogen functional groups attached to an aromatic ring is 1. The molecule has 0 spiro atoms. The molecule has 4 rings (SSSR count). The second kappa shape index (κ2) is 7.97. The summed E-state index contributed by atoms with van der Waals surface area (Å²) in [7, 11) is 0. The molecule has 0 amide bonds. The van der Waals surface area contributed by atoms with Crippen LogP contribution in [0.25, 0.3) is 11.1 Å². The van der Waals surface area contributed by atoms with Crippen molar-refractivity contribution in [2.75, 3.05) is 23.7 Å². The summed E-state index contributed by atoms with van der Waals surface area (Å²) < 4.78 is 5.81. The van der Waals surface area contributed by atoms with Crippen LogP contribution in [0.2, 0.25) is 0 Å². The molecule has 1 fully saturated rings. The van der Waals surface area contributed by atoms with Gasteiger partial charge in [0.1, 0.15) is 12.1 Å². The Morgan fingerprint density at radius 2 is 1.76 bits per heavy atom. The van der Waals surface area contributed by atoms with Gasteiger partial charge < -0.3 is 15.4 Å². The highest BCUT2D eigenvalue weighted by molar-refractivity contribution is 6.13. The van der Waals surface area contributed by atoms with Crippen LogP contribution in [0.15, 0.2) is 55.1 Å². The lowest BCUT2D eigenvalue weighted by Gasteiger charge is -2.36. The molecule has 1 aliphatic heterocycles. The highest BCUT2D eigenvalue weighted by atomic mass is 16.5.